The first-order valence-corrected chi connectivity index (χ1v) is 6.63. The van der Waals surface area contributed by atoms with Crippen molar-refractivity contribution < 1.29 is 17.9 Å². The Labute approximate surface area is 105 Å². The Balaban J connectivity index is 2.74. The van der Waals surface area contributed by atoms with Gasteiger partial charge in [0.2, 0.25) is 10.0 Å². The highest BCUT2D eigenvalue weighted by molar-refractivity contribution is 7.89. The van der Waals surface area contributed by atoms with Gasteiger partial charge in [-0.1, -0.05) is 0 Å². The van der Waals surface area contributed by atoms with Gasteiger partial charge in [0.15, 0.2) is 0 Å². The van der Waals surface area contributed by atoms with E-state index in [4.69, 9.17) is 5.26 Å². The summed E-state index contributed by atoms with van der Waals surface area (Å²) in [6.45, 7) is 1.40. The van der Waals surface area contributed by atoms with Crippen LogP contribution in [0.2, 0.25) is 0 Å². The number of hydrogen-bond donors (Lipinski definition) is 1. The molecule has 1 aromatic carbocycles. The van der Waals surface area contributed by atoms with Crippen LogP contribution < -0.4 is 4.72 Å². The molecule has 1 rings (SSSR count). The highest BCUT2D eigenvalue weighted by atomic mass is 32.2. The summed E-state index contributed by atoms with van der Waals surface area (Å²) in [6, 6.07) is 7.25. The van der Waals surface area contributed by atoms with Crippen molar-refractivity contribution in [3.63, 3.8) is 0 Å². The molecule has 0 saturated heterocycles. The molecule has 0 aliphatic rings. The number of rotatable bonds is 5. The number of sulfonamides is 1. The van der Waals surface area contributed by atoms with Crippen LogP contribution in [0.5, 0.6) is 0 Å². The molecule has 6 nitrogen and oxygen atoms in total. The van der Waals surface area contributed by atoms with Crippen LogP contribution in [0.4, 0.5) is 0 Å². The fourth-order valence-corrected chi connectivity index (χ4v) is 2.13. The SMILES string of the molecule is CCOC(=O)CNS(=O)(=O)c1ccc(C#N)cc1. The van der Waals surface area contributed by atoms with Gasteiger partial charge in [0.05, 0.1) is 23.1 Å². The van der Waals surface area contributed by atoms with Crippen LogP contribution in [0, 0.1) is 11.3 Å². The van der Waals surface area contributed by atoms with Crippen molar-refractivity contribution in [2.75, 3.05) is 13.2 Å². The predicted molar refractivity (Wildman–Crippen MR) is 63.0 cm³/mol. The minimum Gasteiger partial charge on any atom is -0.465 e. The van der Waals surface area contributed by atoms with E-state index in [1.807, 2.05) is 6.07 Å². The van der Waals surface area contributed by atoms with E-state index >= 15 is 0 Å². The van der Waals surface area contributed by atoms with E-state index < -0.39 is 22.5 Å². The van der Waals surface area contributed by atoms with Crippen LogP contribution in [0.25, 0.3) is 0 Å². The standard InChI is InChI=1S/C11H12N2O4S/c1-2-17-11(14)8-13-18(15,16)10-5-3-9(7-12)4-6-10/h3-6,13H,2,8H2,1H3. The monoisotopic (exact) mass is 268 g/mol. The third kappa shape index (κ3) is 3.84. The van der Waals surface area contributed by atoms with Gasteiger partial charge in [-0.25, -0.2) is 8.42 Å². The Kier molecular flexibility index (Phi) is 4.83. The fraction of sp³-hybridized carbons (Fsp3) is 0.273. The molecule has 1 N–H and O–H groups in total. The third-order valence-electron chi connectivity index (χ3n) is 2.01. The smallest absolute Gasteiger partial charge is 0.321 e. The summed E-state index contributed by atoms with van der Waals surface area (Å²) in [5, 5.41) is 8.59. The maximum absolute atomic E-state index is 11.7. The second-order valence-electron chi connectivity index (χ2n) is 3.27. The molecule has 0 aliphatic heterocycles. The first-order valence-electron chi connectivity index (χ1n) is 5.15. The number of carbonyl (C=O) groups excluding carboxylic acids is 1. The molecule has 0 heterocycles. The summed E-state index contributed by atoms with van der Waals surface area (Å²) < 4.78 is 30.2. The zero-order valence-electron chi connectivity index (χ0n) is 9.71. The molecule has 0 bridgehead atoms. The van der Waals surface area contributed by atoms with Gasteiger partial charge in [-0.15, -0.1) is 0 Å². The lowest BCUT2D eigenvalue weighted by Crippen LogP contribution is -2.30. The van der Waals surface area contributed by atoms with Crippen LogP contribution in [0.3, 0.4) is 0 Å². The Hall–Kier alpha value is -1.91. The Morgan fingerprint density at radius 3 is 2.50 bits per heavy atom. The summed E-state index contributed by atoms with van der Waals surface area (Å²) in [4.78, 5) is 11.0. The van der Waals surface area contributed by atoms with E-state index in [0.717, 1.165) is 0 Å². The van der Waals surface area contributed by atoms with E-state index in [2.05, 4.69) is 9.46 Å². The summed E-state index contributed by atoms with van der Waals surface area (Å²) >= 11 is 0. The van der Waals surface area contributed by atoms with Crippen molar-refractivity contribution >= 4 is 16.0 Å². The van der Waals surface area contributed by atoms with Crippen molar-refractivity contribution in [2.45, 2.75) is 11.8 Å². The average Bonchev–Trinajstić information content (AvgIpc) is 2.37. The van der Waals surface area contributed by atoms with Gasteiger partial charge in [-0.05, 0) is 31.2 Å². The first-order chi connectivity index (χ1) is 8.49. The largest absolute Gasteiger partial charge is 0.465 e. The van der Waals surface area contributed by atoms with Crippen LogP contribution >= 0.6 is 0 Å². The van der Waals surface area contributed by atoms with Crippen molar-refractivity contribution in [2.24, 2.45) is 0 Å². The summed E-state index contributed by atoms with van der Waals surface area (Å²) in [6.07, 6.45) is 0. The van der Waals surface area contributed by atoms with E-state index in [9.17, 15) is 13.2 Å². The zero-order valence-corrected chi connectivity index (χ0v) is 10.5. The fourth-order valence-electron chi connectivity index (χ4n) is 1.16. The molecule has 0 saturated carbocycles. The van der Waals surface area contributed by atoms with Crippen LogP contribution in [-0.2, 0) is 19.6 Å². The number of hydrogen-bond acceptors (Lipinski definition) is 5. The van der Waals surface area contributed by atoms with E-state index in [1.165, 1.54) is 24.3 Å². The average molecular weight is 268 g/mol. The molecule has 0 atom stereocenters. The van der Waals surface area contributed by atoms with E-state index in [-0.39, 0.29) is 11.5 Å². The topological polar surface area (TPSA) is 96.3 Å². The van der Waals surface area contributed by atoms with Gasteiger partial charge in [-0.2, -0.15) is 9.98 Å². The number of nitriles is 1. The van der Waals surface area contributed by atoms with E-state index in [1.54, 1.807) is 6.92 Å². The molecule has 0 radical (unpaired) electrons. The van der Waals surface area contributed by atoms with E-state index in [0.29, 0.717) is 5.56 Å². The summed E-state index contributed by atoms with van der Waals surface area (Å²) in [5.74, 6) is -0.644. The molecular weight excluding hydrogens is 256 g/mol. The Morgan fingerprint density at radius 1 is 1.39 bits per heavy atom. The third-order valence-corrected chi connectivity index (χ3v) is 3.42. The quantitative estimate of drug-likeness (QED) is 0.780. The van der Waals surface area contributed by atoms with Gasteiger partial charge in [-0.3, -0.25) is 4.79 Å². The molecule has 0 amide bonds. The van der Waals surface area contributed by atoms with Crippen molar-refractivity contribution in [1.82, 2.24) is 4.72 Å². The minimum absolute atomic E-state index is 0.00852. The molecule has 0 aromatic heterocycles. The van der Waals surface area contributed by atoms with Gasteiger partial charge in [0.1, 0.15) is 6.54 Å². The maximum Gasteiger partial charge on any atom is 0.321 e. The zero-order chi connectivity index (χ0) is 13.6. The van der Waals surface area contributed by atoms with Crippen molar-refractivity contribution in [3.05, 3.63) is 29.8 Å². The Morgan fingerprint density at radius 2 is 2.00 bits per heavy atom. The van der Waals surface area contributed by atoms with Crippen LogP contribution in [0.15, 0.2) is 29.2 Å². The van der Waals surface area contributed by atoms with Crippen LogP contribution in [0.1, 0.15) is 12.5 Å². The van der Waals surface area contributed by atoms with Crippen LogP contribution in [-0.4, -0.2) is 27.5 Å². The molecular formula is C11H12N2O4S. The lowest BCUT2D eigenvalue weighted by molar-refractivity contribution is -0.141. The van der Waals surface area contributed by atoms with Crippen molar-refractivity contribution in [1.29, 1.82) is 5.26 Å². The molecule has 0 aliphatic carbocycles. The predicted octanol–water partition coefficient (Wildman–Crippen LogP) is 0.400. The molecule has 0 spiro atoms. The second-order valence-corrected chi connectivity index (χ2v) is 5.03. The number of benzene rings is 1. The highest BCUT2D eigenvalue weighted by Gasteiger charge is 2.15. The number of nitrogens with zero attached hydrogens (tertiary/aromatic N) is 1. The normalized spacial score (nSPS) is 10.7. The van der Waals surface area contributed by atoms with Crippen molar-refractivity contribution in [3.8, 4) is 6.07 Å². The molecule has 0 fully saturated rings. The lowest BCUT2D eigenvalue weighted by Gasteiger charge is -2.06. The molecule has 18 heavy (non-hydrogen) atoms. The molecule has 96 valence electrons. The lowest BCUT2D eigenvalue weighted by atomic mass is 10.2. The number of esters is 1. The molecule has 1 aromatic rings. The second kappa shape index (κ2) is 6.14. The first kappa shape index (κ1) is 14.2. The Bertz CT molecular complexity index is 558. The summed E-state index contributed by atoms with van der Waals surface area (Å²) in [5.41, 5.74) is 0.361. The number of ether oxygens (including phenoxy) is 1. The number of nitrogens with one attached hydrogen (secondary N) is 1. The van der Waals surface area contributed by atoms with Gasteiger partial charge in [0.25, 0.3) is 0 Å². The summed E-state index contributed by atoms with van der Waals surface area (Å²) in [7, 11) is -3.76. The minimum atomic E-state index is -3.76. The molecule has 0 unspecified atom stereocenters. The molecule has 7 heteroatoms. The van der Waals surface area contributed by atoms with Gasteiger partial charge >= 0.3 is 5.97 Å². The van der Waals surface area contributed by atoms with Gasteiger partial charge in [0, 0.05) is 0 Å². The van der Waals surface area contributed by atoms with Gasteiger partial charge < -0.3 is 4.74 Å². The number of carbonyl (C=O) groups is 1. The maximum atomic E-state index is 11.7. The highest BCUT2D eigenvalue weighted by Crippen LogP contribution is 2.09.